The number of rotatable bonds is 3. The minimum absolute atomic E-state index is 0.356. The first kappa shape index (κ1) is 12.5. The second-order valence-corrected chi connectivity index (χ2v) is 4.59. The zero-order chi connectivity index (χ0) is 13.9. The molecule has 1 atom stereocenters. The number of benzene rings is 1. The van der Waals surface area contributed by atoms with E-state index in [-0.39, 0.29) is 6.04 Å². The van der Waals surface area contributed by atoms with Crippen molar-refractivity contribution in [1.29, 1.82) is 0 Å². The Hall–Kier alpha value is -2.53. The smallest absolute Gasteiger partial charge is 0.0918 e. The normalized spacial score (nSPS) is 12.3. The summed E-state index contributed by atoms with van der Waals surface area (Å²) >= 11 is 0. The monoisotopic (exact) mass is 265 g/mol. The molecule has 20 heavy (non-hydrogen) atoms. The number of aryl methyl sites for hydroxylation is 1. The molecule has 2 aromatic heterocycles. The van der Waals surface area contributed by atoms with E-state index < -0.39 is 0 Å². The van der Waals surface area contributed by atoms with Gasteiger partial charge in [-0.1, -0.05) is 29.5 Å². The van der Waals surface area contributed by atoms with Crippen LogP contribution in [0, 0.1) is 6.92 Å². The van der Waals surface area contributed by atoms with Gasteiger partial charge in [-0.05, 0) is 31.2 Å². The molecule has 3 aromatic rings. The van der Waals surface area contributed by atoms with Crippen LogP contribution in [0.1, 0.15) is 23.1 Å². The maximum Gasteiger partial charge on any atom is 0.0918 e. The van der Waals surface area contributed by atoms with E-state index in [9.17, 15) is 0 Å². The summed E-state index contributed by atoms with van der Waals surface area (Å²) in [5, 5.41) is 8.09. The molecular formula is C15H15N5. The number of nitrogens with zero attached hydrogens (tertiary/aromatic N) is 4. The van der Waals surface area contributed by atoms with Crippen molar-refractivity contribution in [2.24, 2.45) is 5.73 Å². The molecule has 100 valence electrons. The van der Waals surface area contributed by atoms with E-state index in [1.165, 1.54) is 0 Å². The number of pyridine rings is 1. The van der Waals surface area contributed by atoms with Crippen molar-refractivity contribution in [3.05, 3.63) is 71.8 Å². The molecule has 1 aromatic carbocycles. The van der Waals surface area contributed by atoms with Crippen molar-refractivity contribution in [3.63, 3.8) is 0 Å². The summed E-state index contributed by atoms with van der Waals surface area (Å²) in [7, 11) is 0. The van der Waals surface area contributed by atoms with Crippen molar-refractivity contribution >= 4 is 0 Å². The van der Waals surface area contributed by atoms with Gasteiger partial charge in [-0.25, -0.2) is 4.68 Å². The lowest BCUT2D eigenvalue weighted by Gasteiger charge is -2.13. The van der Waals surface area contributed by atoms with Crippen molar-refractivity contribution in [2.75, 3.05) is 0 Å². The fourth-order valence-corrected chi connectivity index (χ4v) is 2.11. The van der Waals surface area contributed by atoms with Crippen LogP contribution in [-0.4, -0.2) is 20.0 Å². The van der Waals surface area contributed by atoms with Crippen molar-refractivity contribution < 1.29 is 0 Å². The van der Waals surface area contributed by atoms with E-state index in [0.29, 0.717) is 0 Å². The highest BCUT2D eigenvalue weighted by atomic mass is 15.4. The molecule has 0 aliphatic heterocycles. The molecule has 0 bridgehead atoms. The maximum atomic E-state index is 6.30. The zero-order valence-electron chi connectivity index (χ0n) is 11.1. The Bertz CT molecular complexity index is 705. The Kier molecular flexibility index (Phi) is 3.26. The lowest BCUT2D eigenvalue weighted by Crippen LogP contribution is -2.18. The van der Waals surface area contributed by atoms with Crippen molar-refractivity contribution in [3.8, 4) is 5.69 Å². The third kappa shape index (κ3) is 2.31. The van der Waals surface area contributed by atoms with Gasteiger partial charge >= 0.3 is 0 Å². The molecule has 0 amide bonds. The summed E-state index contributed by atoms with van der Waals surface area (Å²) in [4.78, 5) is 4.47. The largest absolute Gasteiger partial charge is 0.318 e. The fourth-order valence-electron chi connectivity index (χ4n) is 2.11. The van der Waals surface area contributed by atoms with Gasteiger partial charge in [0.25, 0.3) is 0 Å². The standard InChI is InChI=1S/C15H15N5/c1-11-6-5-9-13(18-11)15(16)14-10-17-19-20(14)12-7-3-2-4-8-12/h2-10,15H,16H2,1H3. The summed E-state index contributed by atoms with van der Waals surface area (Å²) in [6.07, 6.45) is 1.68. The summed E-state index contributed by atoms with van der Waals surface area (Å²) in [5.74, 6) is 0. The van der Waals surface area contributed by atoms with Crippen LogP contribution in [-0.2, 0) is 0 Å². The maximum absolute atomic E-state index is 6.30. The van der Waals surface area contributed by atoms with E-state index in [2.05, 4.69) is 15.3 Å². The molecule has 0 spiro atoms. The molecule has 5 nitrogen and oxygen atoms in total. The second kappa shape index (κ2) is 5.22. The molecule has 0 fully saturated rings. The van der Waals surface area contributed by atoms with Crippen LogP contribution < -0.4 is 5.73 Å². The van der Waals surface area contributed by atoms with Crippen LogP contribution >= 0.6 is 0 Å². The number of aromatic nitrogens is 4. The first-order valence-electron chi connectivity index (χ1n) is 6.41. The molecule has 0 radical (unpaired) electrons. The quantitative estimate of drug-likeness (QED) is 0.786. The SMILES string of the molecule is Cc1cccc(C(N)c2cnnn2-c2ccccc2)n1. The van der Waals surface area contributed by atoms with Gasteiger partial charge in [0.05, 0.1) is 29.3 Å². The predicted octanol–water partition coefficient (Wildman–Crippen LogP) is 2.02. The summed E-state index contributed by atoms with van der Waals surface area (Å²) in [6, 6.07) is 15.3. The van der Waals surface area contributed by atoms with Gasteiger partial charge in [0.2, 0.25) is 0 Å². The molecule has 0 aliphatic rings. The summed E-state index contributed by atoms with van der Waals surface area (Å²) in [5.41, 5.74) is 9.80. The molecule has 1 unspecified atom stereocenters. The van der Waals surface area contributed by atoms with E-state index in [0.717, 1.165) is 22.8 Å². The molecule has 3 rings (SSSR count). The third-order valence-electron chi connectivity index (χ3n) is 3.12. The fraction of sp³-hybridized carbons (Fsp3) is 0.133. The molecule has 0 saturated heterocycles. The van der Waals surface area contributed by atoms with Crippen molar-refractivity contribution in [1.82, 2.24) is 20.0 Å². The van der Waals surface area contributed by atoms with Gasteiger partial charge < -0.3 is 5.73 Å². The van der Waals surface area contributed by atoms with Crippen LogP contribution in [0.15, 0.2) is 54.7 Å². The third-order valence-corrected chi connectivity index (χ3v) is 3.12. The van der Waals surface area contributed by atoms with Gasteiger partial charge in [-0.3, -0.25) is 4.98 Å². The van der Waals surface area contributed by atoms with Crippen LogP contribution in [0.4, 0.5) is 0 Å². The predicted molar refractivity (Wildman–Crippen MR) is 76.4 cm³/mol. The van der Waals surface area contributed by atoms with E-state index in [4.69, 9.17) is 5.73 Å². The molecule has 2 heterocycles. The summed E-state index contributed by atoms with van der Waals surface area (Å²) in [6.45, 7) is 1.95. The van der Waals surface area contributed by atoms with Gasteiger partial charge in [-0.15, -0.1) is 5.10 Å². The highest BCUT2D eigenvalue weighted by molar-refractivity contribution is 5.34. The molecular weight excluding hydrogens is 250 g/mol. The van der Waals surface area contributed by atoms with E-state index in [1.54, 1.807) is 10.9 Å². The van der Waals surface area contributed by atoms with Crippen LogP contribution in [0.5, 0.6) is 0 Å². The number of hydrogen-bond acceptors (Lipinski definition) is 4. The highest BCUT2D eigenvalue weighted by Gasteiger charge is 2.17. The second-order valence-electron chi connectivity index (χ2n) is 4.59. The van der Waals surface area contributed by atoms with E-state index >= 15 is 0 Å². The van der Waals surface area contributed by atoms with Gasteiger partial charge in [0.1, 0.15) is 0 Å². The summed E-state index contributed by atoms with van der Waals surface area (Å²) < 4.78 is 1.74. The Labute approximate surface area is 117 Å². The Balaban J connectivity index is 2.02. The van der Waals surface area contributed by atoms with Gasteiger partial charge in [0, 0.05) is 5.69 Å². The first-order valence-corrected chi connectivity index (χ1v) is 6.41. The zero-order valence-corrected chi connectivity index (χ0v) is 11.1. The molecule has 5 heteroatoms. The number of para-hydroxylation sites is 1. The van der Waals surface area contributed by atoms with E-state index in [1.807, 2.05) is 55.5 Å². The van der Waals surface area contributed by atoms with Crippen LogP contribution in [0.3, 0.4) is 0 Å². The minimum atomic E-state index is -0.356. The number of nitrogens with two attached hydrogens (primary N) is 1. The Morgan fingerprint density at radius 3 is 2.60 bits per heavy atom. The average molecular weight is 265 g/mol. The lowest BCUT2D eigenvalue weighted by molar-refractivity contribution is 0.706. The number of hydrogen-bond donors (Lipinski definition) is 1. The van der Waals surface area contributed by atoms with Gasteiger partial charge in [-0.2, -0.15) is 0 Å². The topological polar surface area (TPSA) is 69.6 Å². The lowest BCUT2D eigenvalue weighted by atomic mass is 10.1. The highest BCUT2D eigenvalue weighted by Crippen LogP contribution is 2.19. The van der Waals surface area contributed by atoms with Gasteiger partial charge in [0.15, 0.2) is 0 Å². The average Bonchev–Trinajstić information content (AvgIpc) is 2.97. The minimum Gasteiger partial charge on any atom is -0.318 e. The Morgan fingerprint density at radius 2 is 1.85 bits per heavy atom. The Morgan fingerprint density at radius 1 is 1.05 bits per heavy atom. The molecule has 0 aliphatic carbocycles. The van der Waals surface area contributed by atoms with Crippen LogP contribution in [0.2, 0.25) is 0 Å². The van der Waals surface area contributed by atoms with Crippen molar-refractivity contribution in [2.45, 2.75) is 13.0 Å². The molecule has 2 N–H and O–H groups in total. The first-order chi connectivity index (χ1) is 9.75. The van der Waals surface area contributed by atoms with Crippen LogP contribution in [0.25, 0.3) is 5.69 Å². The molecule has 0 saturated carbocycles.